The highest BCUT2D eigenvalue weighted by molar-refractivity contribution is 7.07. The van der Waals surface area contributed by atoms with Gasteiger partial charge in [-0.1, -0.05) is 29.0 Å². The molecule has 0 N–H and O–H groups in total. The van der Waals surface area contributed by atoms with E-state index in [-0.39, 0.29) is 40.9 Å². The van der Waals surface area contributed by atoms with Gasteiger partial charge in [0.15, 0.2) is 34.4 Å². The van der Waals surface area contributed by atoms with Crippen LogP contribution in [0.2, 0.25) is 5.02 Å². The summed E-state index contributed by atoms with van der Waals surface area (Å²) in [5.74, 6) is 0.290. The number of hydrogen-bond donors (Lipinski definition) is 0. The van der Waals surface area contributed by atoms with Crippen LogP contribution in [-0.4, -0.2) is 57.2 Å². The second-order valence-electron chi connectivity index (χ2n) is 8.88. The van der Waals surface area contributed by atoms with Gasteiger partial charge in [-0.05, 0) is 62.2 Å². The predicted molar refractivity (Wildman–Crippen MR) is 160 cm³/mol. The van der Waals surface area contributed by atoms with E-state index >= 15 is 0 Å². The molecule has 0 saturated carbocycles. The Hall–Kier alpha value is -4.29. The molecule has 2 heterocycles. The van der Waals surface area contributed by atoms with E-state index in [2.05, 4.69) is 4.99 Å². The first-order valence-electron chi connectivity index (χ1n) is 13.4. The van der Waals surface area contributed by atoms with E-state index in [4.69, 9.17) is 40.0 Å². The lowest BCUT2D eigenvalue weighted by Gasteiger charge is -2.23. The molecule has 0 spiro atoms. The van der Waals surface area contributed by atoms with Crippen LogP contribution in [0.5, 0.6) is 23.0 Å². The SMILES string of the molecule is CCOC(=O)COc1c(Cl)cc(/C=c2\sc3n(c2=O)[C@H](c2ccc(OCC)c(OCC)c2)C(C(=O)OC)=CN=3)cc1OC. The van der Waals surface area contributed by atoms with Crippen molar-refractivity contribution in [2.75, 3.05) is 40.6 Å². The van der Waals surface area contributed by atoms with Gasteiger partial charge in [0.05, 0.1) is 55.2 Å². The molecule has 43 heavy (non-hydrogen) atoms. The van der Waals surface area contributed by atoms with Crippen molar-refractivity contribution >= 4 is 41.0 Å². The standard InChI is InChI=1S/C30H31ClN2O9S/c1-6-39-21-10-9-18(14-22(21)40-7-2)26-19(29(36)38-5)15-32-30-33(26)28(35)24(43-30)13-17-11-20(31)27(23(12-17)37-4)42-16-25(34)41-8-3/h9-15,26H,6-8,16H2,1-5H3/b24-13-/t26-/m1/s1. The first kappa shape index (κ1) is 31.6. The van der Waals surface area contributed by atoms with Gasteiger partial charge < -0.3 is 28.4 Å². The molecule has 0 radical (unpaired) electrons. The molecule has 0 fully saturated rings. The van der Waals surface area contributed by atoms with E-state index in [0.717, 1.165) is 11.3 Å². The number of aromatic nitrogens is 1. The molecule has 4 rings (SSSR count). The van der Waals surface area contributed by atoms with E-state index < -0.39 is 18.0 Å². The smallest absolute Gasteiger partial charge is 0.344 e. The van der Waals surface area contributed by atoms with E-state index in [1.165, 1.54) is 25.0 Å². The number of ether oxygens (including phenoxy) is 6. The van der Waals surface area contributed by atoms with Gasteiger partial charge in [-0.15, -0.1) is 0 Å². The molecule has 228 valence electrons. The minimum atomic E-state index is -0.836. The lowest BCUT2D eigenvalue weighted by Crippen LogP contribution is -2.39. The maximum Gasteiger partial charge on any atom is 0.344 e. The fourth-order valence-corrected chi connectivity index (χ4v) is 5.68. The number of methoxy groups -OCH3 is 2. The summed E-state index contributed by atoms with van der Waals surface area (Å²) in [5, 5.41) is 0.173. The third-order valence-electron chi connectivity index (χ3n) is 6.20. The van der Waals surface area contributed by atoms with E-state index in [9.17, 15) is 14.4 Å². The van der Waals surface area contributed by atoms with Gasteiger partial charge >= 0.3 is 11.9 Å². The Kier molecular flexibility index (Phi) is 10.5. The largest absolute Gasteiger partial charge is 0.493 e. The molecule has 1 aliphatic heterocycles. The first-order valence-corrected chi connectivity index (χ1v) is 14.6. The summed E-state index contributed by atoms with van der Waals surface area (Å²) in [6, 6.07) is 7.64. The molecule has 11 nitrogen and oxygen atoms in total. The van der Waals surface area contributed by atoms with Crippen LogP contribution in [0.3, 0.4) is 0 Å². The van der Waals surface area contributed by atoms with Crippen molar-refractivity contribution in [2.24, 2.45) is 4.99 Å². The van der Waals surface area contributed by atoms with Crippen molar-refractivity contribution in [1.82, 2.24) is 4.57 Å². The van der Waals surface area contributed by atoms with Crippen LogP contribution in [0.15, 0.2) is 51.9 Å². The molecule has 0 bridgehead atoms. The number of nitrogens with zero attached hydrogens (tertiary/aromatic N) is 2. The van der Waals surface area contributed by atoms with E-state index in [1.54, 1.807) is 43.3 Å². The maximum atomic E-state index is 13.9. The van der Waals surface area contributed by atoms with Crippen molar-refractivity contribution < 1.29 is 38.0 Å². The molecular weight excluding hydrogens is 600 g/mol. The number of esters is 2. The number of benzene rings is 2. The maximum absolute atomic E-state index is 13.9. The molecule has 0 unspecified atom stereocenters. The van der Waals surface area contributed by atoms with E-state index in [0.29, 0.717) is 45.2 Å². The van der Waals surface area contributed by atoms with Crippen LogP contribution in [0.4, 0.5) is 0 Å². The number of fused-ring (bicyclic) bond motifs is 1. The highest BCUT2D eigenvalue weighted by Crippen LogP contribution is 2.37. The van der Waals surface area contributed by atoms with Crippen LogP contribution in [-0.2, 0) is 19.1 Å². The third kappa shape index (κ3) is 6.86. The highest BCUT2D eigenvalue weighted by atomic mass is 35.5. The zero-order valence-electron chi connectivity index (χ0n) is 24.3. The van der Waals surface area contributed by atoms with Crippen molar-refractivity contribution in [3.05, 3.63) is 77.9 Å². The monoisotopic (exact) mass is 630 g/mol. The van der Waals surface area contributed by atoms with Crippen LogP contribution in [0.25, 0.3) is 6.08 Å². The molecule has 2 aromatic carbocycles. The number of carbonyl (C=O) groups excluding carboxylic acids is 2. The van der Waals surface area contributed by atoms with Crippen molar-refractivity contribution in [2.45, 2.75) is 26.8 Å². The van der Waals surface area contributed by atoms with Gasteiger partial charge in [0.2, 0.25) is 0 Å². The lowest BCUT2D eigenvalue weighted by molar-refractivity contribution is -0.145. The second kappa shape index (κ2) is 14.3. The predicted octanol–water partition coefficient (Wildman–Crippen LogP) is 3.42. The summed E-state index contributed by atoms with van der Waals surface area (Å²) in [4.78, 5) is 43.2. The number of carbonyl (C=O) groups is 2. The minimum absolute atomic E-state index is 0.166. The fraction of sp³-hybridized carbons (Fsp3) is 0.333. The summed E-state index contributed by atoms with van der Waals surface area (Å²) in [6.07, 6.45) is 3.05. The Labute approximate surface area is 256 Å². The van der Waals surface area contributed by atoms with Crippen molar-refractivity contribution in [1.29, 1.82) is 0 Å². The van der Waals surface area contributed by atoms with E-state index in [1.807, 2.05) is 13.8 Å². The zero-order chi connectivity index (χ0) is 31.1. The molecule has 1 aromatic heterocycles. The van der Waals surface area contributed by atoms with Gasteiger partial charge in [0.25, 0.3) is 5.56 Å². The fourth-order valence-electron chi connectivity index (χ4n) is 4.44. The van der Waals surface area contributed by atoms with Gasteiger partial charge in [-0.2, -0.15) is 0 Å². The van der Waals surface area contributed by atoms with Crippen LogP contribution in [0.1, 0.15) is 37.9 Å². The Morgan fingerprint density at radius 3 is 2.42 bits per heavy atom. The topological polar surface area (TPSA) is 124 Å². The molecule has 0 amide bonds. The molecular formula is C30H31ClN2O9S. The molecule has 0 saturated heterocycles. The summed E-state index contributed by atoms with van der Waals surface area (Å²) in [6.45, 7) is 6.12. The number of halogens is 1. The minimum Gasteiger partial charge on any atom is -0.493 e. The molecule has 1 atom stereocenters. The Bertz CT molecular complexity index is 1730. The van der Waals surface area contributed by atoms with Gasteiger partial charge in [0.1, 0.15) is 0 Å². The normalized spacial score (nSPS) is 14.2. The van der Waals surface area contributed by atoms with Gasteiger partial charge in [-0.25, -0.2) is 14.6 Å². The Morgan fingerprint density at radius 2 is 1.74 bits per heavy atom. The average Bonchev–Trinajstić information content (AvgIpc) is 3.31. The summed E-state index contributed by atoms with van der Waals surface area (Å²) >= 11 is 7.62. The molecule has 1 aliphatic rings. The first-order chi connectivity index (χ1) is 20.8. The number of thiazole rings is 1. The Balaban J connectivity index is 1.81. The lowest BCUT2D eigenvalue weighted by atomic mass is 9.97. The molecule has 3 aromatic rings. The van der Waals surface area contributed by atoms with Crippen LogP contribution >= 0.6 is 22.9 Å². The van der Waals surface area contributed by atoms with Crippen LogP contribution in [0, 0.1) is 0 Å². The van der Waals surface area contributed by atoms with Gasteiger partial charge in [-0.3, -0.25) is 9.36 Å². The summed E-state index contributed by atoms with van der Waals surface area (Å²) < 4.78 is 34.1. The second-order valence-corrected chi connectivity index (χ2v) is 10.3. The zero-order valence-corrected chi connectivity index (χ0v) is 25.9. The van der Waals surface area contributed by atoms with Gasteiger partial charge in [0, 0.05) is 6.20 Å². The average molecular weight is 631 g/mol. The molecule has 0 aliphatic carbocycles. The van der Waals surface area contributed by atoms with Crippen molar-refractivity contribution in [3.63, 3.8) is 0 Å². The van der Waals surface area contributed by atoms with Crippen LogP contribution < -0.4 is 33.8 Å². The van der Waals surface area contributed by atoms with Crippen molar-refractivity contribution in [3.8, 4) is 23.0 Å². The third-order valence-corrected chi connectivity index (χ3v) is 7.48. The summed E-state index contributed by atoms with van der Waals surface area (Å²) in [5.41, 5.74) is 0.951. The summed E-state index contributed by atoms with van der Waals surface area (Å²) in [7, 11) is 2.70. The molecule has 13 heteroatoms. The Morgan fingerprint density at radius 1 is 1.00 bits per heavy atom. The number of hydrogen-bond acceptors (Lipinski definition) is 11. The highest BCUT2D eigenvalue weighted by Gasteiger charge is 2.31. The number of rotatable bonds is 12. The quantitative estimate of drug-likeness (QED) is 0.277.